The lowest BCUT2D eigenvalue weighted by molar-refractivity contribution is 0.178. The minimum atomic E-state index is -3.45. The van der Waals surface area contributed by atoms with Crippen LogP contribution in [0.5, 0.6) is 0 Å². The van der Waals surface area contributed by atoms with Crippen molar-refractivity contribution in [3.05, 3.63) is 71.8 Å². The summed E-state index contributed by atoms with van der Waals surface area (Å²) in [6.45, 7) is 3.44. The summed E-state index contributed by atoms with van der Waals surface area (Å²) in [6.07, 6.45) is 0.823. The monoisotopic (exact) mass is 345 g/mol. The third-order valence-corrected chi connectivity index (χ3v) is 5.06. The molecule has 2 aromatic rings. The molecule has 5 heteroatoms. The van der Waals surface area contributed by atoms with E-state index in [0.29, 0.717) is 6.54 Å². The molecule has 1 aliphatic heterocycles. The highest BCUT2D eigenvalue weighted by molar-refractivity contribution is 7.86. The summed E-state index contributed by atoms with van der Waals surface area (Å²) in [4.78, 5) is 2.31. The van der Waals surface area contributed by atoms with Gasteiger partial charge in [0.2, 0.25) is 0 Å². The number of rotatable bonds is 5. The lowest BCUT2D eigenvalue weighted by Gasteiger charge is -2.28. The van der Waals surface area contributed by atoms with Crippen LogP contribution in [-0.4, -0.2) is 38.8 Å². The van der Waals surface area contributed by atoms with Crippen molar-refractivity contribution < 1.29 is 12.6 Å². The highest BCUT2D eigenvalue weighted by Gasteiger charge is 2.37. The molecule has 2 unspecified atom stereocenters. The summed E-state index contributed by atoms with van der Waals surface area (Å²) >= 11 is 0. The van der Waals surface area contributed by atoms with Gasteiger partial charge in [0.05, 0.1) is 18.4 Å². The van der Waals surface area contributed by atoms with Crippen LogP contribution in [0.25, 0.3) is 0 Å². The highest BCUT2D eigenvalue weighted by Crippen LogP contribution is 2.34. The molecule has 1 fully saturated rings. The Kier molecular flexibility index (Phi) is 5.04. The van der Waals surface area contributed by atoms with Crippen molar-refractivity contribution in [3.63, 3.8) is 0 Å². The molecule has 2 atom stereocenters. The Bertz CT molecular complexity index is 722. The summed E-state index contributed by atoms with van der Waals surface area (Å²) in [5.74, 6) is 0.162. The van der Waals surface area contributed by atoms with E-state index in [4.69, 9.17) is 4.18 Å². The molecular weight excluding hydrogens is 322 g/mol. The van der Waals surface area contributed by atoms with Gasteiger partial charge in [-0.15, -0.1) is 0 Å². The van der Waals surface area contributed by atoms with Crippen LogP contribution < -0.4 is 0 Å². The van der Waals surface area contributed by atoms with Gasteiger partial charge in [0, 0.05) is 13.1 Å². The Morgan fingerprint density at radius 1 is 0.958 bits per heavy atom. The van der Waals surface area contributed by atoms with Crippen molar-refractivity contribution in [2.45, 2.75) is 19.1 Å². The van der Waals surface area contributed by atoms with Gasteiger partial charge >= 0.3 is 0 Å². The average Bonchev–Trinajstić information content (AvgIpc) is 2.88. The van der Waals surface area contributed by atoms with Gasteiger partial charge in [0.15, 0.2) is 0 Å². The number of benzene rings is 2. The maximum absolute atomic E-state index is 11.5. The van der Waals surface area contributed by atoms with Gasteiger partial charge in [-0.2, -0.15) is 8.42 Å². The zero-order valence-electron chi connectivity index (χ0n) is 14.0. The number of nitrogens with zero attached hydrogens (tertiary/aromatic N) is 1. The predicted octanol–water partition coefficient (Wildman–Crippen LogP) is 3.07. The third kappa shape index (κ3) is 4.04. The van der Waals surface area contributed by atoms with Gasteiger partial charge in [0.25, 0.3) is 10.1 Å². The Labute approximate surface area is 144 Å². The average molecular weight is 345 g/mol. The molecule has 24 heavy (non-hydrogen) atoms. The Morgan fingerprint density at radius 2 is 1.46 bits per heavy atom. The van der Waals surface area contributed by atoms with E-state index in [1.54, 1.807) is 0 Å². The number of likely N-dealkylation sites (tertiary alicyclic amines) is 1. The zero-order valence-corrected chi connectivity index (χ0v) is 14.8. The maximum Gasteiger partial charge on any atom is 0.264 e. The van der Waals surface area contributed by atoms with Crippen LogP contribution in [0.3, 0.4) is 0 Å². The normalized spacial score (nSPS) is 22.1. The number of hydrogen-bond acceptors (Lipinski definition) is 4. The number of hydrogen-bond donors (Lipinski definition) is 0. The van der Waals surface area contributed by atoms with Gasteiger partial charge in [-0.3, -0.25) is 9.08 Å². The fourth-order valence-corrected chi connectivity index (χ4v) is 4.12. The first-order valence-electron chi connectivity index (χ1n) is 8.16. The molecule has 0 aromatic heterocycles. The van der Waals surface area contributed by atoms with Gasteiger partial charge in [-0.1, -0.05) is 67.6 Å². The van der Waals surface area contributed by atoms with E-state index in [1.807, 2.05) is 43.3 Å². The van der Waals surface area contributed by atoms with E-state index < -0.39 is 10.1 Å². The molecule has 0 aliphatic carbocycles. The summed E-state index contributed by atoms with van der Waals surface area (Å²) < 4.78 is 28.3. The van der Waals surface area contributed by atoms with Crippen molar-refractivity contribution in [3.8, 4) is 0 Å². The Balaban J connectivity index is 1.90. The van der Waals surface area contributed by atoms with Crippen LogP contribution in [0, 0.1) is 5.92 Å². The van der Waals surface area contributed by atoms with Gasteiger partial charge in [0.1, 0.15) is 0 Å². The largest absolute Gasteiger partial charge is 0.289 e. The van der Waals surface area contributed by atoms with Crippen LogP contribution in [0.4, 0.5) is 0 Å². The smallest absolute Gasteiger partial charge is 0.264 e. The molecule has 4 nitrogen and oxygen atoms in total. The first-order chi connectivity index (χ1) is 11.4. The quantitative estimate of drug-likeness (QED) is 0.782. The molecule has 0 bridgehead atoms. The minimum absolute atomic E-state index is 0.100. The van der Waals surface area contributed by atoms with E-state index in [1.165, 1.54) is 11.1 Å². The van der Waals surface area contributed by atoms with E-state index in [-0.39, 0.29) is 18.1 Å². The molecule has 2 aromatic carbocycles. The van der Waals surface area contributed by atoms with Crippen LogP contribution in [0.15, 0.2) is 60.7 Å². The lowest BCUT2D eigenvalue weighted by Crippen LogP contribution is -2.29. The SMILES string of the molecule is CC1CN(C(c2ccccc2)c2ccccc2)CC1OS(C)(=O)=O. The zero-order chi connectivity index (χ0) is 17.2. The topological polar surface area (TPSA) is 46.6 Å². The van der Waals surface area contributed by atoms with Crippen LogP contribution in [0.2, 0.25) is 0 Å². The van der Waals surface area contributed by atoms with E-state index in [9.17, 15) is 8.42 Å². The van der Waals surface area contributed by atoms with Gasteiger partial charge in [-0.05, 0) is 17.0 Å². The molecule has 0 saturated carbocycles. The molecule has 128 valence electrons. The molecule has 0 spiro atoms. The fourth-order valence-electron chi connectivity index (χ4n) is 3.42. The second-order valence-electron chi connectivity index (χ2n) is 6.49. The predicted molar refractivity (Wildman–Crippen MR) is 95.2 cm³/mol. The molecule has 3 rings (SSSR count). The van der Waals surface area contributed by atoms with Crippen LogP contribution >= 0.6 is 0 Å². The van der Waals surface area contributed by atoms with Crippen LogP contribution in [-0.2, 0) is 14.3 Å². The summed E-state index contributed by atoms with van der Waals surface area (Å²) in [5, 5.41) is 0. The molecule has 1 aliphatic rings. The fraction of sp³-hybridized carbons (Fsp3) is 0.368. The van der Waals surface area contributed by atoms with E-state index in [0.717, 1.165) is 12.8 Å². The Hall–Kier alpha value is -1.69. The second-order valence-corrected chi connectivity index (χ2v) is 8.09. The third-order valence-electron chi connectivity index (χ3n) is 4.47. The van der Waals surface area contributed by atoms with Crippen molar-refractivity contribution in [1.29, 1.82) is 0 Å². The first kappa shape index (κ1) is 17.1. The van der Waals surface area contributed by atoms with Gasteiger partial charge < -0.3 is 0 Å². The molecule has 0 radical (unpaired) electrons. The second kappa shape index (κ2) is 7.05. The standard InChI is InChI=1S/C19H23NO3S/c1-15-13-20(14-18(15)23-24(2,21)22)19(16-9-5-3-6-10-16)17-11-7-4-8-12-17/h3-12,15,18-19H,13-14H2,1-2H3. The highest BCUT2D eigenvalue weighted by atomic mass is 32.2. The maximum atomic E-state index is 11.5. The summed E-state index contributed by atoms with van der Waals surface area (Å²) in [5.41, 5.74) is 2.41. The minimum Gasteiger partial charge on any atom is -0.289 e. The first-order valence-corrected chi connectivity index (χ1v) is 9.98. The van der Waals surface area contributed by atoms with Crippen molar-refractivity contribution >= 4 is 10.1 Å². The molecule has 0 N–H and O–H groups in total. The lowest BCUT2D eigenvalue weighted by atomic mass is 9.97. The molecule has 1 saturated heterocycles. The summed E-state index contributed by atoms with van der Waals surface area (Å²) in [6, 6.07) is 20.7. The Morgan fingerprint density at radius 3 is 1.92 bits per heavy atom. The van der Waals surface area contributed by atoms with E-state index in [2.05, 4.69) is 29.2 Å². The van der Waals surface area contributed by atoms with Crippen molar-refractivity contribution in [1.82, 2.24) is 4.90 Å². The van der Waals surface area contributed by atoms with Gasteiger partial charge in [-0.25, -0.2) is 0 Å². The molecular formula is C19H23NO3S. The van der Waals surface area contributed by atoms with Crippen LogP contribution in [0.1, 0.15) is 24.1 Å². The van der Waals surface area contributed by atoms with E-state index >= 15 is 0 Å². The summed E-state index contributed by atoms with van der Waals surface area (Å²) in [7, 11) is -3.45. The molecule has 0 amide bonds. The van der Waals surface area contributed by atoms with Crippen molar-refractivity contribution in [2.24, 2.45) is 5.92 Å². The van der Waals surface area contributed by atoms with Crippen molar-refractivity contribution in [2.75, 3.05) is 19.3 Å². The molecule has 1 heterocycles.